The van der Waals surface area contributed by atoms with E-state index < -0.39 is 23.0 Å². The normalized spacial score (nSPS) is 11.0. The molecule has 0 radical (unpaired) electrons. The highest BCUT2D eigenvalue weighted by atomic mass is 32.1. The van der Waals surface area contributed by atoms with E-state index in [0.29, 0.717) is 11.3 Å². The first-order valence-electron chi connectivity index (χ1n) is 9.59. The van der Waals surface area contributed by atoms with E-state index in [1.165, 1.54) is 54.7 Å². The third-order valence-corrected chi connectivity index (χ3v) is 5.61. The minimum Gasteiger partial charge on any atom is -0.326 e. The maximum absolute atomic E-state index is 13.6. The summed E-state index contributed by atoms with van der Waals surface area (Å²) in [5, 5.41) is 7.14. The van der Waals surface area contributed by atoms with Crippen LogP contribution in [0.25, 0.3) is 22.4 Å². The fourth-order valence-corrected chi connectivity index (χ4v) is 4.04. The molecule has 0 saturated carbocycles. The van der Waals surface area contributed by atoms with E-state index >= 15 is 0 Å². The molecule has 0 unspecified atom stereocenters. The molecule has 0 aliphatic carbocycles. The van der Waals surface area contributed by atoms with E-state index in [1.54, 1.807) is 5.38 Å². The molecule has 4 aromatic rings. The third-order valence-electron chi connectivity index (χ3n) is 4.85. The molecule has 11 nitrogen and oxygen atoms in total. The maximum Gasteiger partial charge on any atom is 0.332 e. The summed E-state index contributed by atoms with van der Waals surface area (Å²) < 4.78 is 17.1. The third kappa shape index (κ3) is 4.17. The van der Waals surface area contributed by atoms with Gasteiger partial charge in [0.1, 0.15) is 12.4 Å². The average molecular weight is 471 g/mol. The maximum atomic E-state index is 13.6. The Labute approximate surface area is 189 Å². The number of halogens is 1. The van der Waals surface area contributed by atoms with Crippen molar-refractivity contribution in [3.8, 4) is 11.3 Å². The second-order valence-electron chi connectivity index (χ2n) is 7.21. The van der Waals surface area contributed by atoms with Crippen molar-refractivity contribution in [3.63, 3.8) is 0 Å². The Hall–Kier alpha value is -4.13. The highest BCUT2D eigenvalue weighted by molar-refractivity contribution is 7.14. The summed E-state index contributed by atoms with van der Waals surface area (Å²) in [4.78, 5) is 57.0. The first-order valence-corrected chi connectivity index (χ1v) is 10.5. The van der Waals surface area contributed by atoms with Crippen molar-refractivity contribution >= 4 is 45.1 Å². The SMILES string of the molecule is CC(=O)Nc1cc(F)ccc1-c1csc(NC(=O)Cn2cnc3c2c(=O)n(C)c(=O)n3C)n1. The topological polar surface area (TPSA) is 133 Å². The zero-order valence-electron chi connectivity index (χ0n) is 17.7. The molecule has 13 heteroatoms. The van der Waals surface area contributed by atoms with E-state index in [0.717, 1.165) is 15.9 Å². The Bertz CT molecular complexity index is 1530. The number of carbonyl (C=O) groups is 2. The number of carbonyl (C=O) groups excluding carboxylic acids is 2. The summed E-state index contributed by atoms with van der Waals surface area (Å²) in [7, 11) is 2.84. The number of fused-ring (bicyclic) bond motifs is 1. The van der Waals surface area contributed by atoms with Crippen LogP contribution in [0.3, 0.4) is 0 Å². The molecule has 0 aliphatic heterocycles. The van der Waals surface area contributed by atoms with Crippen LogP contribution < -0.4 is 21.9 Å². The Morgan fingerprint density at radius 1 is 1.15 bits per heavy atom. The van der Waals surface area contributed by atoms with Gasteiger partial charge in [-0.2, -0.15) is 0 Å². The summed E-state index contributed by atoms with van der Waals surface area (Å²) >= 11 is 1.15. The van der Waals surface area contributed by atoms with Crippen molar-refractivity contribution in [2.24, 2.45) is 14.1 Å². The number of benzene rings is 1. The quantitative estimate of drug-likeness (QED) is 0.451. The lowest BCUT2D eigenvalue weighted by Gasteiger charge is -2.08. The molecular formula is C20H18FN7O4S. The van der Waals surface area contributed by atoms with E-state index in [-0.39, 0.29) is 34.4 Å². The van der Waals surface area contributed by atoms with Gasteiger partial charge in [0.15, 0.2) is 16.3 Å². The number of anilines is 2. The number of thiazole rings is 1. The van der Waals surface area contributed by atoms with Crippen molar-refractivity contribution in [2.75, 3.05) is 10.6 Å². The standard InChI is InChI=1S/C20H18FN7O4S/c1-10(29)23-13-6-11(21)4-5-12(13)14-8-33-19(24-14)25-15(30)7-28-9-22-17-16(28)18(31)27(3)20(32)26(17)2/h4-6,8-9H,7H2,1-3H3,(H,23,29)(H,24,25,30). The highest BCUT2D eigenvalue weighted by Crippen LogP contribution is 2.31. The van der Waals surface area contributed by atoms with Gasteiger partial charge in [-0.25, -0.2) is 19.2 Å². The Morgan fingerprint density at radius 2 is 1.91 bits per heavy atom. The number of imidazole rings is 1. The highest BCUT2D eigenvalue weighted by Gasteiger charge is 2.17. The Balaban J connectivity index is 1.57. The van der Waals surface area contributed by atoms with Gasteiger partial charge in [-0.15, -0.1) is 11.3 Å². The van der Waals surface area contributed by atoms with E-state index in [9.17, 15) is 23.6 Å². The van der Waals surface area contributed by atoms with Gasteiger partial charge in [0.2, 0.25) is 11.8 Å². The fraction of sp³-hybridized carbons (Fsp3) is 0.200. The minimum atomic E-state index is -0.559. The number of aryl methyl sites for hydroxylation is 1. The van der Waals surface area contributed by atoms with Gasteiger partial charge in [0.05, 0.1) is 17.7 Å². The lowest BCUT2D eigenvalue weighted by Crippen LogP contribution is -2.37. The molecule has 3 heterocycles. The minimum absolute atomic E-state index is 0.126. The molecule has 0 saturated heterocycles. The largest absolute Gasteiger partial charge is 0.332 e. The number of hydrogen-bond acceptors (Lipinski definition) is 7. The molecule has 1 aromatic carbocycles. The zero-order chi connectivity index (χ0) is 23.9. The van der Waals surface area contributed by atoms with Crippen LogP contribution in [0.5, 0.6) is 0 Å². The number of rotatable bonds is 5. The molecule has 4 rings (SSSR count). The number of nitrogens with one attached hydrogen (secondary N) is 2. The Morgan fingerprint density at radius 3 is 2.64 bits per heavy atom. The molecule has 0 bridgehead atoms. The van der Waals surface area contributed by atoms with Crippen molar-refractivity contribution in [2.45, 2.75) is 13.5 Å². The van der Waals surface area contributed by atoms with Gasteiger partial charge in [0, 0.05) is 32.0 Å². The van der Waals surface area contributed by atoms with Gasteiger partial charge >= 0.3 is 5.69 Å². The molecule has 2 N–H and O–H groups in total. The Kier molecular flexibility index (Phi) is 5.64. The van der Waals surface area contributed by atoms with Crippen LogP contribution in [-0.2, 0) is 30.2 Å². The number of hydrogen-bond donors (Lipinski definition) is 2. The lowest BCUT2D eigenvalue weighted by molar-refractivity contribution is -0.116. The molecule has 0 atom stereocenters. The molecule has 2 amide bonds. The summed E-state index contributed by atoms with van der Waals surface area (Å²) in [5.41, 5.74) is 0.421. The lowest BCUT2D eigenvalue weighted by atomic mass is 10.1. The van der Waals surface area contributed by atoms with Gasteiger partial charge in [-0.05, 0) is 18.2 Å². The summed E-state index contributed by atoms with van der Waals surface area (Å²) in [6, 6.07) is 3.92. The number of nitrogens with zero attached hydrogens (tertiary/aromatic N) is 5. The van der Waals surface area contributed by atoms with Crippen LogP contribution in [0.4, 0.5) is 15.2 Å². The van der Waals surface area contributed by atoms with Crippen molar-refractivity contribution in [1.29, 1.82) is 0 Å². The van der Waals surface area contributed by atoms with Crippen LogP contribution in [0.2, 0.25) is 0 Å². The molecule has 170 valence electrons. The predicted molar refractivity (Wildman–Crippen MR) is 121 cm³/mol. The fourth-order valence-electron chi connectivity index (χ4n) is 3.32. The number of aromatic nitrogens is 5. The van der Waals surface area contributed by atoms with Crippen LogP contribution >= 0.6 is 11.3 Å². The van der Waals surface area contributed by atoms with Gasteiger partial charge < -0.3 is 15.2 Å². The molecule has 0 fully saturated rings. The summed E-state index contributed by atoms with van der Waals surface area (Å²) in [5.74, 6) is -1.34. The molecular weight excluding hydrogens is 453 g/mol. The zero-order valence-corrected chi connectivity index (χ0v) is 18.6. The predicted octanol–water partition coefficient (Wildman–Crippen LogP) is 1.29. The van der Waals surface area contributed by atoms with Crippen molar-refractivity contribution in [1.82, 2.24) is 23.7 Å². The van der Waals surface area contributed by atoms with Crippen LogP contribution in [0, 0.1) is 5.82 Å². The van der Waals surface area contributed by atoms with Gasteiger partial charge in [-0.3, -0.25) is 23.5 Å². The summed E-state index contributed by atoms with van der Waals surface area (Å²) in [6.07, 6.45) is 1.32. The second-order valence-corrected chi connectivity index (χ2v) is 8.07. The van der Waals surface area contributed by atoms with Crippen LogP contribution in [0.15, 0.2) is 39.5 Å². The first-order chi connectivity index (χ1) is 15.7. The van der Waals surface area contributed by atoms with Crippen molar-refractivity contribution < 1.29 is 14.0 Å². The molecule has 0 aliphatic rings. The number of amides is 2. The smallest absolute Gasteiger partial charge is 0.326 e. The van der Waals surface area contributed by atoms with Crippen LogP contribution in [-0.4, -0.2) is 35.5 Å². The second kappa shape index (κ2) is 8.43. The molecule has 33 heavy (non-hydrogen) atoms. The monoisotopic (exact) mass is 471 g/mol. The average Bonchev–Trinajstić information content (AvgIpc) is 3.37. The van der Waals surface area contributed by atoms with Crippen LogP contribution in [0.1, 0.15) is 6.92 Å². The first kappa shape index (κ1) is 22.1. The van der Waals surface area contributed by atoms with E-state index in [2.05, 4.69) is 20.6 Å². The van der Waals surface area contributed by atoms with Gasteiger partial charge in [-0.1, -0.05) is 0 Å². The van der Waals surface area contributed by atoms with Crippen molar-refractivity contribution in [3.05, 3.63) is 56.6 Å². The van der Waals surface area contributed by atoms with E-state index in [4.69, 9.17) is 0 Å². The molecule has 0 spiro atoms. The van der Waals surface area contributed by atoms with Gasteiger partial charge in [0.25, 0.3) is 5.56 Å². The molecule has 3 aromatic heterocycles. The summed E-state index contributed by atoms with van der Waals surface area (Å²) in [6.45, 7) is 1.08. The van der Waals surface area contributed by atoms with E-state index in [1.807, 2.05) is 0 Å².